The second kappa shape index (κ2) is 11.5. The highest BCUT2D eigenvalue weighted by Crippen LogP contribution is 2.28. The van der Waals surface area contributed by atoms with Crippen LogP contribution in [0.25, 0.3) is 0 Å². The molecule has 2 rings (SSSR count). The maximum absolute atomic E-state index is 13.3. The van der Waals surface area contributed by atoms with E-state index in [0.29, 0.717) is 55.2 Å². The average Bonchev–Trinajstić information content (AvgIpc) is 2.74. The lowest BCUT2D eigenvalue weighted by Crippen LogP contribution is -2.32. The van der Waals surface area contributed by atoms with Crippen molar-refractivity contribution >= 4 is 17.5 Å². The normalized spacial score (nSPS) is 11.1. The molecule has 3 N–H and O–H groups in total. The number of carbonyl (C=O) groups excluding carboxylic acids is 2. The van der Waals surface area contributed by atoms with E-state index in [-0.39, 0.29) is 17.2 Å². The zero-order valence-corrected chi connectivity index (χ0v) is 19.7. The summed E-state index contributed by atoms with van der Waals surface area (Å²) < 4.78 is 10.6. The fraction of sp³-hybridized carbons (Fsp3) is 0.440. The van der Waals surface area contributed by atoms with E-state index in [1.807, 2.05) is 45.0 Å². The highest BCUT2D eigenvalue weighted by atomic mass is 16.5. The van der Waals surface area contributed by atoms with Crippen molar-refractivity contribution in [1.29, 1.82) is 0 Å². The molecule has 0 saturated heterocycles. The van der Waals surface area contributed by atoms with Gasteiger partial charge in [0.15, 0.2) is 11.5 Å². The summed E-state index contributed by atoms with van der Waals surface area (Å²) in [5, 5.41) is 2.95. The SMILES string of the molecule is COc1ccc(C(=O)N(CCCN)Cc2cccc(NC(=O)CC(C)(C)C)c2)cc1OC. The number of hydrogen-bond acceptors (Lipinski definition) is 5. The van der Waals surface area contributed by atoms with Crippen molar-refractivity contribution in [2.45, 2.75) is 40.2 Å². The number of nitrogens with two attached hydrogens (primary N) is 1. The zero-order valence-electron chi connectivity index (χ0n) is 19.7. The van der Waals surface area contributed by atoms with Gasteiger partial charge in [0.2, 0.25) is 5.91 Å². The molecule has 2 amide bonds. The van der Waals surface area contributed by atoms with Crippen LogP contribution in [0, 0.1) is 5.41 Å². The number of ether oxygens (including phenoxy) is 2. The molecule has 0 aromatic heterocycles. The first kappa shape index (κ1) is 25.2. The van der Waals surface area contributed by atoms with Gasteiger partial charge in [-0.05, 0) is 54.3 Å². The summed E-state index contributed by atoms with van der Waals surface area (Å²) in [7, 11) is 3.10. The van der Waals surface area contributed by atoms with Gasteiger partial charge in [-0.25, -0.2) is 0 Å². The third-order valence-electron chi connectivity index (χ3n) is 4.82. The number of amides is 2. The predicted molar refractivity (Wildman–Crippen MR) is 127 cm³/mol. The molecule has 0 aliphatic heterocycles. The summed E-state index contributed by atoms with van der Waals surface area (Å²) in [4.78, 5) is 27.3. The van der Waals surface area contributed by atoms with E-state index in [2.05, 4.69) is 5.32 Å². The van der Waals surface area contributed by atoms with Crippen LogP contribution in [0.1, 0.15) is 49.5 Å². The molecule has 7 nitrogen and oxygen atoms in total. The average molecular weight is 442 g/mol. The van der Waals surface area contributed by atoms with Crippen molar-refractivity contribution in [3.05, 3.63) is 53.6 Å². The van der Waals surface area contributed by atoms with Crippen molar-refractivity contribution in [2.24, 2.45) is 11.1 Å². The number of rotatable bonds is 10. The lowest BCUT2D eigenvalue weighted by molar-refractivity contribution is -0.117. The van der Waals surface area contributed by atoms with Gasteiger partial charge < -0.3 is 25.4 Å². The summed E-state index contributed by atoms with van der Waals surface area (Å²) in [5.74, 6) is 0.912. The molecule has 0 bridgehead atoms. The van der Waals surface area contributed by atoms with Gasteiger partial charge in [-0.2, -0.15) is 0 Å². The Morgan fingerprint density at radius 2 is 1.75 bits per heavy atom. The number of methoxy groups -OCH3 is 2. The molecule has 32 heavy (non-hydrogen) atoms. The topological polar surface area (TPSA) is 93.9 Å². The van der Waals surface area contributed by atoms with Crippen molar-refractivity contribution in [3.8, 4) is 11.5 Å². The monoisotopic (exact) mass is 441 g/mol. The van der Waals surface area contributed by atoms with E-state index in [0.717, 1.165) is 5.56 Å². The molecule has 0 aliphatic carbocycles. The van der Waals surface area contributed by atoms with Gasteiger partial charge in [0.1, 0.15) is 0 Å². The van der Waals surface area contributed by atoms with Gasteiger partial charge in [0.05, 0.1) is 14.2 Å². The Labute approximate surface area is 190 Å². The molecule has 7 heteroatoms. The summed E-state index contributed by atoms with van der Waals surface area (Å²) in [6.45, 7) is 7.48. The second-order valence-electron chi connectivity index (χ2n) is 8.92. The zero-order chi connectivity index (χ0) is 23.7. The Kier molecular flexibility index (Phi) is 9.08. The Morgan fingerprint density at radius 1 is 1.03 bits per heavy atom. The third kappa shape index (κ3) is 7.57. The minimum Gasteiger partial charge on any atom is -0.493 e. The van der Waals surface area contributed by atoms with Crippen molar-refractivity contribution in [3.63, 3.8) is 0 Å². The predicted octanol–water partition coefficient (Wildman–Crippen LogP) is 4.07. The highest BCUT2D eigenvalue weighted by Gasteiger charge is 2.19. The quantitative estimate of drug-likeness (QED) is 0.580. The van der Waals surface area contributed by atoms with Crippen LogP contribution in [0.2, 0.25) is 0 Å². The molecule has 0 atom stereocenters. The van der Waals surface area contributed by atoms with Crippen molar-refractivity contribution in [1.82, 2.24) is 4.90 Å². The number of nitrogens with zero attached hydrogens (tertiary/aromatic N) is 1. The Bertz CT molecular complexity index is 922. The molecular formula is C25H35N3O4. The van der Waals surface area contributed by atoms with Crippen LogP contribution in [0.5, 0.6) is 11.5 Å². The molecular weight excluding hydrogens is 406 g/mol. The van der Waals surface area contributed by atoms with Crippen LogP contribution in [0.15, 0.2) is 42.5 Å². The summed E-state index contributed by atoms with van der Waals surface area (Å²) in [6, 6.07) is 12.7. The second-order valence-corrected chi connectivity index (χ2v) is 8.92. The third-order valence-corrected chi connectivity index (χ3v) is 4.82. The van der Waals surface area contributed by atoms with Crippen LogP contribution in [0.4, 0.5) is 5.69 Å². The molecule has 0 spiro atoms. The highest BCUT2D eigenvalue weighted by molar-refractivity contribution is 5.95. The van der Waals surface area contributed by atoms with Crippen LogP contribution in [-0.4, -0.2) is 44.0 Å². The molecule has 0 heterocycles. The molecule has 0 fully saturated rings. The molecule has 174 valence electrons. The fourth-order valence-electron chi connectivity index (χ4n) is 3.34. The maximum Gasteiger partial charge on any atom is 0.254 e. The van der Waals surface area contributed by atoms with Crippen LogP contribution < -0.4 is 20.5 Å². The summed E-state index contributed by atoms with van der Waals surface area (Å²) in [6.07, 6.45) is 1.11. The van der Waals surface area contributed by atoms with Gasteiger partial charge in [-0.15, -0.1) is 0 Å². The van der Waals surface area contributed by atoms with Gasteiger partial charge in [-0.1, -0.05) is 32.9 Å². The molecule has 0 saturated carbocycles. The summed E-state index contributed by atoms with van der Waals surface area (Å²) >= 11 is 0. The largest absolute Gasteiger partial charge is 0.493 e. The Morgan fingerprint density at radius 3 is 2.38 bits per heavy atom. The fourth-order valence-corrected chi connectivity index (χ4v) is 3.34. The first-order chi connectivity index (χ1) is 15.2. The molecule has 0 radical (unpaired) electrons. The van der Waals surface area contributed by atoms with Crippen molar-refractivity contribution in [2.75, 3.05) is 32.6 Å². The standard InChI is InChI=1S/C25H35N3O4/c1-25(2,3)16-23(29)27-20-9-6-8-18(14-20)17-28(13-7-12-26)24(30)19-10-11-21(31-4)22(15-19)32-5/h6,8-11,14-15H,7,12-13,16-17,26H2,1-5H3,(H,27,29). The van der Waals surface area contributed by atoms with Crippen LogP contribution >= 0.6 is 0 Å². The van der Waals surface area contributed by atoms with Crippen LogP contribution in [-0.2, 0) is 11.3 Å². The van der Waals surface area contributed by atoms with E-state index in [4.69, 9.17) is 15.2 Å². The Hall–Kier alpha value is -3.06. The number of hydrogen-bond donors (Lipinski definition) is 2. The first-order valence-corrected chi connectivity index (χ1v) is 10.8. The van der Waals surface area contributed by atoms with Gasteiger partial charge in [0, 0.05) is 30.8 Å². The number of nitrogens with one attached hydrogen (secondary N) is 1. The van der Waals surface area contributed by atoms with Gasteiger partial charge in [0.25, 0.3) is 5.91 Å². The molecule has 2 aromatic rings. The maximum atomic E-state index is 13.3. The number of benzene rings is 2. The summed E-state index contributed by atoms with van der Waals surface area (Å²) in [5.41, 5.74) is 7.76. The minimum absolute atomic E-state index is 0.0314. The van der Waals surface area contributed by atoms with Gasteiger partial charge in [-0.3, -0.25) is 9.59 Å². The van der Waals surface area contributed by atoms with E-state index < -0.39 is 0 Å². The van der Waals surface area contributed by atoms with Crippen LogP contribution in [0.3, 0.4) is 0 Å². The molecule has 0 unspecified atom stereocenters. The molecule has 0 aliphatic rings. The molecule has 2 aromatic carbocycles. The Balaban J connectivity index is 2.20. The first-order valence-electron chi connectivity index (χ1n) is 10.8. The van der Waals surface area contributed by atoms with E-state index >= 15 is 0 Å². The van der Waals surface area contributed by atoms with Crippen molar-refractivity contribution < 1.29 is 19.1 Å². The van der Waals surface area contributed by atoms with E-state index in [1.54, 1.807) is 30.2 Å². The lowest BCUT2D eigenvalue weighted by Gasteiger charge is -2.24. The lowest BCUT2D eigenvalue weighted by atomic mass is 9.92. The van der Waals surface area contributed by atoms with E-state index in [9.17, 15) is 9.59 Å². The van der Waals surface area contributed by atoms with E-state index in [1.165, 1.54) is 7.11 Å². The van der Waals surface area contributed by atoms with Gasteiger partial charge >= 0.3 is 0 Å². The number of anilines is 1. The minimum atomic E-state index is -0.124. The smallest absolute Gasteiger partial charge is 0.254 e. The number of carbonyl (C=O) groups is 2.